The molecule has 0 unspecified atom stereocenters. The minimum atomic E-state index is -1.56. The Morgan fingerprint density at radius 2 is 2.13 bits per heavy atom. The maximum atomic E-state index is 11.6. The molecule has 0 fully saturated rings. The third-order valence-corrected chi connectivity index (χ3v) is 3.04. The van der Waals surface area contributed by atoms with Gasteiger partial charge in [0.1, 0.15) is 4.83 Å². The fourth-order valence-electron chi connectivity index (χ4n) is 1.34. The summed E-state index contributed by atoms with van der Waals surface area (Å²) in [4.78, 5) is 34.3. The van der Waals surface area contributed by atoms with E-state index in [-0.39, 0.29) is 9.95 Å². The summed E-state index contributed by atoms with van der Waals surface area (Å²) in [6.45, 7) is 0. The lowest BCUT2D eigenvalue weighted by Gasteiger charge is -2.02. The molecule has 78 valence electrons. The fourth-order valence-corrected chi connectivity index (χ4v) is 2.19. The van der Waals surface area contributed by atoms with E-state index in [1.165, 1.54) is 24.5 Å². The number of aromatic nitrogens is 2. The van der Waals surface area contributed by atoms with Crippen LogP contribution in [0.3, 0.4) is 0 Å². The van der Waals surface area contributed by atoms with Crippen LogP contribution in [-0.2, 0) is 7.05 Å². The second kappa shape index (κ2) is 3.06. The van der Waals surface area contributed by atoms with Gasteiger partial charge in [-0.2, -0.15) is 4.57 Å². The Kier molecular flexibility index (Phi) is 1.97. The molecule has 0 amide bonds. The second-order valence-electron chi connectivity index (χ2n) is 2.90. The molecule has 0 bridgehead atoms. The molecule has 0 aliphatic rings. The van der Waals surface area contributed by atoms with Gasteiger partial charge in [-0.05, 0) is 11.4 Å². The highest BCUT2D eigenvalue weighted by Gasteiger charge is 2.15. The Balaban J connectivity index is 3.13. The van der Waals surface area contributed by atoms with Gasteiger partial charge in [-0.3, -0.25) is 9.36 Å². The van der Waals surface area contributed by atoms with E-state index in [4.69, 9.17) is 5.11 Å². The van der Waals surface area contributed by atoms with Gasteiger partial charge in [0.15, 0.2) is 0 Å². The SMILES string of the molecule is Cn1c(=O)n(C(=O)O)c(=O)c2ccsc21. The Bertz CT molecular complexity index is 663. The van der Waals surface area contributed by atoms with Crippen molar-refractivity contribution in [2.75, 3.05) is 0 Å². The maximum absolute atomic E-state index is 11.6. The van der Waals surface area contributed by atoms with Crippen molar-refractivity contribution in [3.05, 3.63) is 32.3 Å². The van der Waals surface area contributed by atoms with E-state index in [0.29, 0.717) is 4.83 Å². The van der Waals surface area contributed by atoms with E-state index in [9.17, 15) is 14.4 Å². The lowest BCUT2D eigenvalue weighted by atomic mass is 10.4. The Morgan fingerprint density at radius 3 is 2.73 bits per heavy atom. The van der Waals surface area contributed by atoms with Gasteiger partial charge in [0, 0.05) is 7.05 Å². The number of rotatable bonds is 0. The monoisotopic (exact) mass is 226 g/mol. The van der Waals surface area contributed by atoms with Crippen molar-refractivity contribution in [3.8, 4) is 0 Å². The average molecular weight is 226 g/mol. The third-order valence-electron chi connectivity index (χ3n) is 2.05. The summed E-state index contributed by atoms with van der Waals surface area (Å²) >= 11 is 1.22. The highest BCUT2D eigenvalue weighted by Crippen LogP contribution is 2.14. The molecule has 0 spiro atoms. The van der Waals surface area contributed by atoms with Crippen molar-refractivity contribution in [3.63, 3.8) is 0 Å². The van der Waals surface area contributed by atoms with Gasteiger partial charge in [-0.15, -0.1) is 11.3 Å². The number of hydrogen-bond donors (Lipinski definition) is 1. The maximum Gasteiger partial charge on any atom is 0.422 e. The molecule has 0 aromatic carbocycles. The van der Waals surface area contributed by atoms with Crippen LogP contribution in [0.2, 0.25) is 0 Å². The van der Waals surface area contributed by atoms with Gasteiger partial charge < -0.3 is 5.11 Å². The van der Waals surface area contributed by atoms with Crippen molar-refractivity contribution in [1.29, 1.82) is 0 Å². The van der Waals surface area contributed by atoms with E-state index >= 15 is 0 Å². The summed E-state index contributed by atoms with van der Waals surface area (Å²) in [6.07, 6.45) is -1.56. The zero-order valence-corrected chi connectivity index (χ0v) is 8.45. The molecule has 0 radical (unpaired) electrons. The predicted molar refractivity (Wildman–Crippen MR) is 54.7 cm³/mol. The number of fused-ring (bicyclic) bond motifs is 1. The van der Waals surface area contributed by atoms with E-state index in [1.807, 2.05) is 0 Å². The zero-order chi connectivity index (χ0) is 11.2. The smallest absolute Gasteiger partial charge is 0.422 e. The van der Waals surface area contributed by atoms with Crippen LogP contribution in [-0.4, -0.2) is 20.3 Å². The average Bonchev–Trinajstić information content (AvgIpc) is 2.62. The molecular formula is C8H6N2O4S. The summed E-state index contributed by atoms with van der Waals surface area (Å²) in [5.74, 6) is 0. The molecule has 2 aromatic heterocycles. The normalized spacial score (nSPS) is 10.7. The largest absolute Gasteiger partial charge is 0.464 e. The quantitative estimate of drug-likeness (QED) is 0.699. The Hall–Kier alpha value is -1.89. The standard InChI is InChI=1S/C8H6N2O4S/c1-9-6-4(2-3-15-6)5(11)10(7(9)12)8(13)14/h2-3H,1H3,(H,13,14). The molecule has 7 heteroatoms. The summed E-state index contributed by atoms with van der Waals surface area (Å²) in [7, 11) is 1.43. The highest BCUT2D eigenvalue weighted by atomic mass is 32.1. The molecular weight excluding hydrogens is 220 g/mol. The first-order valence-electron chi connectivity index (χ1n) is 3.96. The van der Waals surface area contributed by atoms with Crippen molar-refractivity contribution < 1.29 is 9.90 Å². The van der Waals surface area contributed by atoms with E-state index in [2.05, 4.69) is 0 Å². The number of carbonyl (C=O) groups is 1. The van der Waals surface area contributed by atoms with Gasteiger partial charge in [0.2, 0.25) is 0 Å². The van der Waals surface area contributed by atoms with Crippen LogP contribution in [0.1, 0.15) is 0 Å². The van der Waals surface area contributed by atoms with E-state index < -0.39 is 17.3 Å². The zero-order valence-electron chi connectivity index (χ0n) is 7.63. The van der Waals surface area contributed by atoms with Crippen LogP contribution in [0.5, 0.6) is 0 Å². The number of nitrogens with zero attached hydrogens (tertiary/aromatic N) is 2. The molecule has 2 rings (SSSR count). The van der Waals surface area contributed by atoms with E-state index in [1.54, 1.807) is 5.38 Å². The first kappa shape index (κ1) is 9.66. The third kappa shape index (κ3) is 1.20. The minimum absolute atomic E-state index is 0.203. The van der Waals surface area contributed by atoms with Crippen molar-refractivity contribution in [2.45, 2.75) is 0 Å². The molecule has 0 aliphatic heterocycles. The molecule has 6 nitrogen and oxygen atoms in total. The van der Waals surface area contributed by atoms with Gasteiger partial charge in [-0.1, -0.05) is 0 Å². The fraction of sp³-hybridized carbons (Fsp3) is 0.125. The van der Waals surface area contributed by atoms with Gasteiger partial charge >= 0.3 is 11.8 Å². The van der Waals surface area contributed by atoms with Crippen LogP contribution in [0, 0.1) is 0 Å². The Labute approximate surface area is 86.6 Å². The topological polar surface area (TPSA) is 81.3 Å². The first-order chi connectivity index (χ1) is 7.04. The minimum Gasteiger partial charge on any atom is -0.464 e. The summed E-state index contributed by atoms with van der Waals surface area (Å²) < 4.78 is 1.35. The number of hydrogen-bond acceptors (Lipinski definition) is 4. The molecule has 0 atom stereocenters. The van der Waals surface area contributed by atoms with Crippen LogP contribution < -0.4 is 11.2 Å². The van der Waals surface area contributed by atoms with Gasteiger partial charge in [0.05, 0.1) is 5.39 Å². The first-order valence-corrected chi connectivity index (χ1v) is 4.84. The molecule has 2 heterocycles. The van der Waals surface area contributed by atoms with Crippen molar-refractivity contribution in [2.24, 2.45) is 7.05 Å². The van der Waals surface area contributed by atoms with Crippen LogP contribution >= 0.6 is 11.3 Å². The van der Waals surface area contributed by atoms with Gasteiger partial charge in [0.25, 0.3) is 5.56 Å². The van der Waals surface area contributed by atoms with Crippen molar-refractivity contribution >= 4 is 27.6 Å². The molecule has 15 heavy (non-hydrogen) atoms. The summed E-state index contributed by atoms with van der Waals surface area (Å²) in [5, 5.41) is 10.6. The van der Waals surface area contributed by atoms with Crippen LogP contribution in [0.25, 0.3) is 10.2 Å². The number of carboxylic acid groups (broad SMARTS) is 1. The highest BCUT2D eigenvalue weighted by molar-refractivity contribution is 7.16. The molecule has 0 aliphatic carbocycles. The number of thiophene rings is 1. The molecule has 0 saturated carbocycles. The van der Waals surface area contributed by atoms with Crippen molar-refractivity contribution in [1.82, 2.24) is 9.13 Å². The lowest BCUT2D eigenvalue weighted by Crippen LogP contribution is -2.42. The molecule has 0 saturated heterocycles. The van der Waals surface area contributed by atoms with Crippen LogP contribution in [0.15, 0.2) is 21.0 Å². The number of aryl methyl sites for hydroxylation is 1. The summed E-state index contributed by atoms with van der Waals surface area (Å²) in [6, 6.07) is 1.50. The second-order valence-corrected chi connectivity index (χ2v) is 3.80. The van der Waals surface area contributed by atoms with E-state index in [0.717, 1.165) is 4.57 Å². The molecule has 2 aromatic rings. The van der Waals surface area contributed by atoms with Crippen LogP contribution in [0.4, 0.5) is 4.79 Å². The predicted octanol–water partition coefficient (Wildman–Crippen LogP) is 0.288. The van der Waals surface area contributed by atoms with Gasteiger partial charge in [-0.25, -0.2) is 9.59 Å². The summed E-state index contributed by atoms with van der Waals surface area (Å²) in [5.41, 5.74) is -1.63. The lowest BCUT2D eigenvalue weighted by molar-refractivity contribution is 0.193. The Morgan fingerprint density at radius 1 is 1.47 bits per heavy atom. The molecule has 1 N–H and O–H groups in total.